The molecule has 0 bridgehead atoms. The summed E-state index contributed by atoms with van der Waals surface area (Å²) in [7, 11) is 7.15. The van der Waals surface area contributed by atoms with Crippen LogP contribution >= 0.6 is 23.2 Å². The number of carbonyl (C=O) groups is 2. The molecule has 1 amide bonds. The maximum Gasteiger partial charge on any atom is 0.237 e. The molecule has 1 saturated heterocycles. The highest BCUT2D eigenvalue weighted by Gasteiger charge is 2.25. The molecule has 11 nitrogen and oxygen atoms in total. The number of nitrogens with one attached hydrogen (secondary N) is 1. The van der Waals surface area contributed by atoms with Gasteiger partial charge in [-0.25, -0.2) is 9.97 Å². The van der Waals surface area contributed by atoms with Gasteiger partial charge in [0.15, 0.2) is 0 Å². The molecule has 0 radical (unpaired) electrons. The van der Waals surface area contributed by atoms with Gasteiger partial charge in [0.05, 0.1) is 48.0 Å². The van der Waals surface area contributed by atoms with Gasteiger partial charge in [0.1, 0.15) is 17.2 Å². The van der Waals surface area contributed by atoms with E-state index in [1.165, 1.54) is 0 Å². The highest BCUT2D eigenvalue weighted by molar-refractivity contribution is 6.39. The fraction of sp³-hybridized carbons (Fsp3) is 0.405. The third-order valence-electron chi connectivity index (χ3n) is 9.22. The van der Waals surface area contributed by atoms with Crippen LogP contribution in [0.25, 0.3) is 33.6 Å². The van der Waals surface area contributed by atoms with Crippen molar-refractivity contribution < 1.29 is 19.1 Å². The number of hydrogen-bond acceptors (Lipinski definition) is 10. The minimum Gasteiger partial charge on any atom is -0.480 e. The van der Waals surface area contributed by atoms with E-state index >= 15 is 0 Å². The van der Waals surface area contributed by atoms with Crippen LogP contribution in [0.2, 0.25) is 10.0 Å². The van der Waals surface area contributed by atoms with E-state index in [0.29, 0.717) is 106 Å². The molecule has 1 saturated carbocycles. The zero-order valence-corrected chi connectivity index (χ0v) is 30.2. The van der Waals surface area contributed by atoms with Crippen molar-refractivity contribution in [1.82, 2.24) is 35.1 Å². The van der Waals surface area contributed by atoms with Crippen molar-refractivity contribution in [1.29, 1.82) is 0 Å². The highest BCUT2D eigenvalue weighted by atomic mass is 35.5. The molecule has 2 aromatic carbocycles. The summed E-state index contributed by atoms with van der Waals surface area (Å²) in [5.74, 6) is 1.63. The lowest BCUT2D eigenvalue weighted by Gasteiger charge is -2.21. The third-order valence-corrected chi connectivity index (χ3v) is 10.0. The first kappa shape index (κ1) is 35.7. The number of amides is 1. The lowest BCUT2D eigenvalue weighted by Crippen LogP contribution is -2.36. The van der Waals surface area contributed by atoms with E-state index in [1.54, 1.807) is 26.6 Å². The molecule has 0 spiro atoms. The van der Waals surface area contributed by atoms with Crippen LogP contribution in [0.3, 0.4) is 0 Å². The van der Waals surface area contributed by atoms with Crippen molar-refractivity contribution in [2.75, 3.05) is 41.4 Å². The van der Waals surface area contributed by atoms with E-state index in [-0.39, 0.29) is 11.9 Å². The summed E-state index contributed by atoms with van der Waals surface area (Å²) in [5.41, 5.74) is 5.35. The van der Waals surface area contributed by atoms with E-state index in [9.17, 15) is 9.59 Å². The summed E-state index contributed by atoms with van der Waals surface area (Å²) in [6.45, 7) is 2.57. The molecular formula is C37H41Cl2N7O4. The predicted octanol–water partition coefficient (Wildman–Crippen LogP) is 6.10. The van der Waals surface area contributed by atoms with E-state index < -0.39 is 0 Å². The summed E-state index contributed by atoms with van der Waals surface area (Å²) in [5, 5.41) is 3.94. The highest BCUT2D eigenvalue weighted by Crippen LogP contribution is 2.42. The number of ketones is 1. The number of hydrogen-bond donors (Lipinski definition) is 1. The number of halogens is 2. The monoisotopic (exact) mass is 717 g/mol. The Balaban J connectivity index is 1.22. The summed E-state index contributed by atoms with van der Waals surface area (Å²) in [4.78, 5) is 46.5. The molecule has 2 atom stereocenters. The zero-order chi connectivity index (χ0) is 35.4. The lowest BCUT2D eigenvalue weighted by atomic mass is 9.98. The first-order valence-corrected chi connectivity index (χ1v) is 17.4. The summed E-state index contributed by atoms with van der Waals surface area (Å²) in [6, 6.07) is 11.5. The number of ether oxygens (including phenoxy) is 2. The molecule has 2 aromatic heterocycles. The van der Waals surface area contributed by atoms with Crippen LogP contribution in [-0.2, 0) is 22.7 Å². The van der Waals surface area contributed by atoms with Crippen molar-refractivity contribution in [3.63, 3.8) is 0 Å². The van der Waals surface area contributed by atoms with Crippen LogP contribution < -0.4 is 14.8 Å². The molecule has 262 valence electrons. The molecule has 1 aliphatic carbocycles. The molecule has 0 unspecified atom stereocenters. The Kier molecular flexibility index (Phi) is 11.3. The van der Waals surface area contributed by atoms with E-state index in [1.807, 2.05) is 50.5 Å². The molecular weight excluding hydrogens is 677 g/mol. The largest absolute Gasteiger partial charge is 0.480 e. The van der Waals surface area contributed by atoms with Crippen LogP contribution in [0.5, 0.6) is 11.8 Å². The fourth-order valence-corrected chi connectivity index (χ4v) is 7.44. The van der Waals surface area contributed by atoms with Crippen LogP contribution in [0, 0.1) is 5.92 Å². The second-order valence-electron chi connectivity index (χ2n) is 13.1. The zero-order valence-electron chi connectivity index (χ0n) is 28.7. The molecule has 50 heavy (non-hydrogen) atoms. The standard InChI is InChI=1S/C37H41Cl2N7O4/c1-45(18-22-11-13-24(47)15-22)20-31-36(49-3)43-29(16-40-31)27-9-5-7-25(34(27)38)26-8-6-10-28(35(26)39)30-17-41-32(37(44-30)50-4)21-46(2)19-23-12-14-33(48)42-23/h5-10,16-17,22-23H,11-15,18-21H2,1-4H3,(H,42,48)/t22-,23+/m1/s1. The molecule has 4 aromatic rings. The van der Waals surface area contributed by atoms with Gasteiger partial charge in [-0.3, -0.25) is 24.5 Å². The maximum atomic E-state index is 11.7. The molecule has 3 heterocycles. The average Bonchev–Trinajstić information content (AvgIpc) is 3.71. The van der Waals surface area contributed by atoms with Gasteiger partial charge in [0.2, 0.25) is 17.7 Å². The van der Waals surface area contributed by atoms with Gasteiger partial charge in [-0.2, -0.15) is 0 Å². The number of aromatic nitrogens is 4. The maximum absolute atomic E-state index is 11.7. The van der Waals surface area contributed by atoms with E-state index in [0.717, 1.165) is 30.5 Å². The summed E-state index contributed by atoms with van der Waals surface area (Å²) >= 11 is 14.2. The fourth-order valence-electron chi connectivity index (χ4n) is 6.79. The van der Waals surface area contributed by atoms with Crippen molar-refractivity contribution in [3.05, 3.63) is 70.2 Å². The normalized spacial score (nSPS) is 17.5. The van der Waals surface area contributed by atoms with Crippen LogP contribution in [0.1, 0.15) is 43.5 Å². The number of methoxy groups -OCH3 is 2. The smallest absolute Gasteiger partial charge is 0.237 e. The van der Waals surface area contributed by atoms with Crippen LogP contribution in [0.4, 0.5) is 0 Å². The van der Waals surface area contributed by atoms with Gasteiger partial charge in [0.25, 0.3) is 0 Å². The van der Waals surface area contributed by atoms with Crippen molar-refractivity contribution in [2.45, 2.75) is 51.2 Å². The Labute approximate surface area is 302 Å². The van der Waals surface area contributed by atoms with Crippen molar-refractivity contribution in [2.24, 2.45) is 5.92 Å². The minimum absolute atomic E-state index is 0.0926. The minimum atomic E-state index is 0.0926. The molecule has 2 aliphatic rings. The van der Waals surface area contributed by atoms with E-state index in [4.69, 9.17) is 52.6 Å². The lowest BCUT2D eigenvalue weighted by molar-refractivity contribution is -0.119. The number of benzene rings is 2. The van der Waals surface area contributed by atoms with Gasteiger partial charge in [0, 0.05) is 73.7 Å². The van der Waals surface area contributed by atoms with Gasteiger partial charge in [-0.05, 0) is 32.9 Å². The predicted molar refractivity (Wildman–Crippen MR) is 193 cm³/mol. The quantitative estimate of drug-likeness (QED) is 0.174. The average molecular weight is 719 g/mol. The second-order valence-corrected chi connectivity index (χ2v) is 13.9. The molecule has 6 rings (SSSR count). The first-order valence-electron chi connectivity index (χ1n) is 16.7. The van der Waals surface area contributed by atoms with Gasteiger partial charge < -0.3 is 19.7 Å². The van der Waals surface area contributed by atoms with Crippen molar-refractivity contribution >= 4 is 34.9 Å². The Bertz CT molecular complexity index is 1760. The topological polar surface area (TPSA) is 123 Å². The Morgan fingerprint density at radius 3 is 1.74 bits per heavy atom. The number of carbonyl (C=O) groups excluding carboxylic acids is 2. The first-order chi connectivity index (χ1) is 24.1. The second kappa shape index (κ2) is 15.8. The van der Waals surface area contributed by atoms with Crippen molar-refractivity contribution in [3.8, 4) is 45.4 Å². The molecule has 2 fully saturated rings. The Morgan fingerprint density at radius 1 is 0.760 bits per heavy atom. The molecule has 13 heteroatoms. The van der Waals surface area contributed by atoms with Gasteiger partial charge in [-0.15, -0.1) is 0 Å². The summed E-state index contributed by atoms with van der Waals surface area (Å²) < 4.78 is 11.3. The van der Waals surface area contributed by atoms with Crippen LogP contribution in [-0.4, -0.2) is 88.9 Å². The SMILES string of the molecule is COc1nc(-c2cccc(-c3cccc(-c4cnc(CN(C)C[C@@H]5CCC(=O)N5)c(OC)n4)c3Cl)c2Cl)cnc1CN(C)C[C@@H]1CCC(=O)C1. The Hall–Kier alpha value is -4.16. The van der Waals surface area contributed by atoms with Gasteiger partial charge >= 0.3 is 0 Å². The number of likely N-dealkylation sites (N-methyl/N-ethyl adjacent to an activating group) is 1. The van der Waals surface area contributed by atoms with Gasteiger partial charge in [-0.1, -0.05) is 59.6 Å². The van der Waals surface area contributed by atoms with E-state index in [2.05, 4.69) is 15.1 Å². The summed E-state index contributed by atoms with van der Waals surface area (Å²) in [6.07, 6.45) is 7.03. The number of rotatable bonds is 13. The third kappa shape index (κ3) is 8.07. The Morgan fingerprint density at radius 2 is 1.28 bits per heavy atom. The number of Topliss-reactive ketones (excluding diaryl/α,β-unsaturated/α-hetero) is 1. The molecule has 1 N–H and O–H groups in total. The number of nitrogens with zero attached hydrogens (tertiary/aromatic N) is 6. The van der Waals surface area contributed by atoms with Crippen LogP contribution in [0.15, 0.2) is 48.8 Å². The molecule has 1 aliphatic heterocycles.